The first-order valence-electron chi connectivity index (χ1n) is 6.24. The molecule has 2 rings (SSSR count). The number of nitrogens with zero attached hydrogens (tertiary/aromatic N) is 1. The third kappa shape index (κ3) is 3.74. The molecule has 1 atom stereocenters. The van der Waals surface area contributed by atoms with Crippen LogP contribution in [0.3, 0.4) is 0 Å². The van der Waals surface area contributed by atoms with Gasteiger partial charge in [-0.1, -0.05) is 18.2 Å². The minimum atomic E-state index is -2.81. The summed E-state index contributed by atoms with van der Waals surface area (Å²) in [5.41, 5.74) is 3.50. The van der Waals surface area contributed by atoms with Crippen molar-refractivity contribution >= 4 is 11.3 Å². The highest BCUT2D eigenvalue weighted by Gasteiger charge is 2.13. The van der Waals surface area contributed by atoms with Crippen LogP contribution in [-0.2, 0) is 6.54 Å². The number of hydrogen-bond donors (Lipinski definition) is 1. The summed E-state index contributed by atoms with van der Waals surface area (Å²) in [6, 6.07) is 6.92. The van der Waals surface area contributed by atoms with Crippen LogP contribution >= 0.6 is 11.3 Å². The third-order valence-electron chi connectivity index (χ3n) is 2.96. The average molecular weight is 298 g/mol. The number of nitrogens with one attached hydrogen (secondary N) is 1. The molecule has 1 N–H and O–H groups in total. The van der Waals surface area contributed by atoms with Gasteiger partial charge in [0.05, 0.1) is 11.2 Å². The van der Waals surface area contributed by atoms with Gasteiger partial charge < -0.3 is 10.1 Å². The van der Waals surface area contributed by atoms with Gasteiger partial charge in [-0.3, -0.25) is 0 Å². The largest absolute Gasteiger partial charge is 0.434 e. The zero-order chi connectivity index (χ0) is 14.5. The Morgan fingerprint density at radius 2 is 2.10 bits per heavy atom. The molecule has 0 aliphatic carbocycles. The summed E-state index contributed by atoms with van der Waals surface area (Å²) in [7, 11) is 0. The van der Waals surface area contributed by atoms with Crippen LogP contribution in [-0.4, -0.2) is 11.6 Å². The second-order valence-electron chi connectivity index (χ2n) is 4.39. The molecule has 108 valence electrons. The van der Waals surface area contributed by atoms with Crippen molar-refractivity contribution in [3.05, 3.63) is 45.9 Å². The molecule has 0 saturated carbocycles. The molecule has 1 heterocycles. The summed E-state index contributed by atoms with van der Waals surface area (Å²) in [6.45, 7) is 1.63. The van der Waals surface area contributed by atoms with Crippen molar-refractivity contribution in [2.75, 3.05) is 0 Å². The van der Waals surface area contributed by atoms with Gasteiger partial charge in [0.2, 0.25) is 0 Å². The molecule has 2 aromatic rings. The number of benzene rings is 1. The number of aryl methyl sites for hydroxylation is 1. The first kappa shape index (κ1) is 14.9. The van der Waals surface area contributed by atoms with Crippen LogP contribution in [0.5, 0.6) is 5.75 Å². The standard InChI is InChI=1S/C14H16F2N2OS/c1-9(13-10(2)18-8-20-13)17-7-11-5-3-4-6-12(11)19-14(15)16/h3-6,8-9,14,17H,7H2,1-2H3. The highest BCUT2D eigenvalue weighted by Crippen LogP contribution is 2.24. The van der Waals surface area contributed by atoms with Gasteiger partial charge in [-0.15, -0.1) is 11.3 Å². The Kier molecular flexibility index (Phi) is 5.03. The van der Waals surface area contributed by atoms with Crippen LogP contribution < -0.4 is 10.1 Å². The minimum absolute atomic E-state index is 0.113. The molecule has 0 bridgehead atoms. The second-order valence-corrected chi connectivity index (χ2v) is 5.28. The number of aromatic nitrogens is 1. The zero-order valence-electron chi connectivity index (χ0n) is 11.3. The Bertz CT molecular complexity index is 560. The maximum atomic E-state index is 12.3. The maximum absolute atomic E-state index is 12.3. The van der Waals surface area contributed by atoms with Crippen molar-refractivity contribution in [3.63, 3.8) is 0 Å². The van der Waals surface area contributed by atoms with Crippen LogP contribution in [0.1, 0.15) is 29.1 Å². The van der Waals surface area contributed by atoms with Crippen LogP contribution in [0.2, 0.25) is 0 Å². The fourth-order valence-electron chi connectivity index (χ4n) is 1.94. The third-order valence-corrected chi connectivity index (χ3v) is 4.08. The van der Waals surface area contributed by atoms with Crippen molar-refractivity contribution in [3.8, 4) is 5.75 Å². The van der Waals surface area contributed by atoms with Gasteiger partial charge in [-0.05, 0) is 19.9 Å². The molecule has 1 aromatic carbocycles. The number of halogens is 2. The van der Waals surface area contributed by atoms with Gasteiger partial charge in [0.1, 0.15) is 5.75 Å². The number of ether oxygens (including phenoxy) is 1. The lowest BCUT2D eigenvalue weighted by Gasteiger charge is -2.15. The molecule has 0 radical (unpaired) electrons. The first-order valence-corrected chi connectivity index (χ1v) is 7.12. The monoisotopic (exact) mass is 298 g/mol. The Balaban J connectivity index is 2.02. The van der Waals surface area contributed by atoms with Crippen LogP contribution in [0.4, 0.5) is 8.78 Å². The van der Waals surface area contributed by atoms with E-state index in [0.29, 0.717) is 12.1 Å². The average Bonchev–Trinajstić information content (AvgIpc) is 2.83. The van der Waals surface area contributed by atoms with Crippen molar-refractivity contribution in [1.29, 1.82) is 0 Å². The lowest BCUT2D eigenvalue weighted by molar-refractivity contribution is -0.0505. The Morgan fingerprint density at radius 1 is 1.35 bits per heavy atom. The summed E-state index contributed by atoms with van der Waals surface area (Å²) in [5.74, 6) is 0.211. The van der Waals surface area contributed by atoms with Crippen LogP contribution in [0, 0.1) is 6.92 Å². The molecule has 0 aliphatic rings. The van der Waals surface area contributed by atoms with Gasteiger partial charge in [-0.2, -0.15) is 8.78 Å². The lowest BCUT2D eigenvalue weighted by Crippen LogP contribution is -2.18. The van der Waals surface area contributed by atoms with E-state index in [1.165, 1.54) is 0 Å². The molecule has 0 amide bonds. The van der Waals surface area contributed by atoms with Crippen LogP contribution in [0.25, 0.3) is 0 Å². The van der Waals surface area contributed by atoms with Crippen molar-refractivity contribution in [1.82, 2.24) is 10.3 Å². The maximum Gasteiger partial charge on any atom is 0.387 e. The molecule has 0 saturated heterocycles. The van der Waals surface area contributed by atoms with Gasteiger partial charge in [-0.25, -0.2) is 4.98 Å². The van der Waals surface area contributed by atoms with Gasteiger partial charge in [0.25, 0.3) is 0 Å². The van der Waals surface area contributed by atoms with Crippen molar-refractivity contribution in [2.24, 2.45) is 0 Å². The number of thiazole rings is 1. The van der Waals surface area contributed by atoms with Crippen molar-refractivity contribution in [2.45, 2.75) is 33.0 Å². The molecular weight excluding hydrogens is 282 g/mol. The fraction of sp³-hybridized carbons (Fsp3) is 0.357. The van der Waals surface area contributed by atoms with Gasteiger partial charge in [0.15, 0.2) is 0 Å². The number of para-hydroxylation sites is 1. The molecule has 0 fully saturated rings. The van der Waals surface area contributed by atoms with E-state index < -0.39 is 6.61 Å². The summed E-state index contributed by atoms with van der Waals surface area (Å²) in [4.78, 5) is 5.35. The van der Waals surface area contributed by atoms with Crippen LogP contribution in [0.15, 0.2) is 29.8 Å². The number of alkyl halides is 2. The van der Waals surface area contributed by atoms with Crippen molar-refractivity contribution < 1.29 is 13.5 Å². The number of rotatable bonds is 6. The lowest BCUT2D eigenvalue weighted by atomic mass is 10.1. The molecule has 0 aliphatic heterocycles. The molecule has 0 spiro atoms. The molecule has 1 aromatic heterocycles. The SMILES string of the molecule is Cc1ncsc1C(C)NCc1ccccc1OC(F)F. The Hall–Kier alpha value is -1.53. The highest BCUT2D eigenvalue weighted by molar-refractivity contribution is 7.09. The van der Waals surface area contributed by atoms with E-state index in [-0.39, 0.29) is 11.8 Å². The molecule has 1 unspecified atom stereocenters. The summed E-state index contributed by atoms with van der Waals surface area (Å²) in [5, 5.41) is 3.30. The van der Waals surface area contributed by atoms with E-state index in [2.05, 4.69) is 15.0 Å². The zero-order valence-corrected chi connectivity index (χ0v) is 12.1. The molecule has 3 nitrogen and oxygen atoms in total. The smallest absolute Gasteiger partial charge is 0.387 e. The van der Waals surface area contributed by atoms with E-state index >= 15 is 0 Å². The first-order chi connectivity index (χ1) is 9.58. The minimum Gasteiger partial charge on any atom is -0.434 e. The van der Waals surface area contributed by atoms with E-state index in [0.717, 1.165) is 10.6 Å². The van der Waals surface area contributed by atoms with Gasteiger partial charge in [0, 0.05) is 23.0 Å². The topological polar surface area (TPSA) is 34.2 Å². The molecular formula is C14H16F2N2OS. The van der Waals surface area contributed by atoms with E-state index in [9.17, 15) is 8.78 Å². The summed E-state index contributed by atoms with van der Waals surface area (Å²) >= 11 is 1.58. The predicted octanol–water partition coefficient (Wildman–Crippen LogP) is 3.90. The molecule has 20 heavy (non-hydrogen) atoms. The normalized spacial score (nSPS) is 12.7. The van der Waals surface area contributed by atoms with E-state index in [1.807, 2.05) is 13.8 Å². The Morgan fingerprint density at radius 3 is 2.75 bits per heavy atom. The van der Waals surface area contributed by atoms with E-state index in [1.54, 1.807) is 41.1 Å². The Labute approximate surface area is 120 Å². The molecule has 6 heteroatoms. The summed E-state index contributed by atoms with van der Waals surface area (Å²) < 4.78 is 29.2. The fourth-order valence-corrected chi connectivity index (χ4v) is 2.78. The number of hydrogen-bond acceptors (Lipinski definition) is 4. The summed E-state index contributed by atoms with van der Waals surface area (Å²) in [6.07, 6.45) is 0. The van der Waals surface area contributed by atoms with Gasteiger partial charge >= 0.3 is 6.61 Å². The second kappa shape index (κ2) is 6.76. The quantitative estimate of drug-likeness (QED) is 0.878. The van der Waals surface area contributed by atoms with E-state index in [4.69, 9.17) is 0 Å². The highest BCUT2D eigenvalue weighted by atomic mass is 32.1. The predicted molar refractivity (Wildman–Crippen MR) is 75.2 cm³/mol.